The van der Waals surface area contributed by atoms with Crippen molar-refractivity contribution in [3.63, 3.8) is 0 Å². The van der Waals surface area contributed by atoms with E-state index in [9.17, 15) is 4.21 Å². The topological polar surface area (TPSA) is 65.6 Å². The SMILES string of the molecule is CC(C1=CCC(Cl)N=C1)S(C)(=O)=NC#N. The minimum absolute atomic E-state index is 0.234. The molecule has 0 radical (unpaired) electrons. The van der Waals surface area contributed by atoms with E-state index < -0.39 is 9.73 Å². The van der Waals surface area contributed by atoms with Gasteiger partial charge in [0.25, 0.3) is 0 Å². The third-order valence-electron chi connectivity index (χ3n) is 2.28. The van der Waals surface area contributed by atoms with E-state index in [4.69, 9.17) is 16.9 Å². The van der Waals surface area contributed by atoms with Crippen LogP contribution in [0.5, 0.6) is 0 Å². The van der Waals surface area contributed by atoms with Gasteiger partial charge in [0.1, 0.15) is 5.50 Å². The minimum atomic E-state index is -2.52. The smallest absolute Gasteiger partial charge is 0.214 e. The van der Waals surface area contributed by atoms with Crippen LogP contribution in [-0.2, 0) is 9.73 Å². The van der Waals surface area contributed by atoms with E-state index in [2.05, 4.69) is 9.36 Å². The number of halogens is 1. The zero-order chi connectivity index (χ0) is 11.5. The maximum Gasteiger partial charge on any atom is 0.214 e. The Bertz CT molecular complexity index is 454. The molecule has 0 fully saturated rings. The van der Waals surface area contributed by atoms with E-state index in [1.165, 1.54) is 6.26 Å². The number of hydrogen-bond acceptors (Lipinski definition) is 4. The maximum atomic E-state index is 11.9. The van der Waals surface area contributed by atoms with E-state index in [0.717, 1.165) is 5.57 Å². The van der Waals surface area contributed by atoms with Crippen molar-refractivity contribution in [2.45, 2.75) is 24.1 Å². The molecule has 0 saturated carbocycles. The van der Waals surface area contributed by atoms with Gasteiger partial charge in [0, 0.05) is 18.9 Å². The van der Waals surface area contributed by atoms with Crippen molar-refractivity contribution < 1.29 is 4.21 Å². The molecule has 0 N–H and O–H groups in total. The van der Waals surface area contributed by atoms with Crippen LogP contribution in [0.25, 0.3) is 0 Å². The summed E-state index contributed by atoms with van der Waals surface area (Å²) in [4.78, 5) is 4.03. The molecule has 0 aromatic heterocycles. The summed E-state index contributed by atoms with van der Waals surface area (Å²) in [6, 6.07) is 0. The van der Waals surface area contributed by atoms with E-state index in [0.29, 0.717) is 6.42 Å². The molecule has 0 aromatic carbocycles. The third-order valence-corrected chi connectivity index (χ3v) is 4.60. The second-order valence-electron chi connectivity index (χ2n) is 3.35. The number of alkyl halides is 1. The molecule has 0 amide bonds. The molecule has 0 aromatic rings. The molecule has 0 saturated heterocycles. The highest BCUT2D eigenvalue weighted by Crippen LogP contribution is 2.18. The van der Waals surface area contributed by atoms with Crippen molar-refractivity contribution in [3.05, 3.63) is 11.6 Å². The van der Waals surface area contributed by atoms with E-state index in [1.807, 2.05) is 6.08 Å². The first-order chi connectivity index (χ1) is 6.97. The van der Waals surface area contributed by atoms with Crippen LogP contribution < -0.4 is 0 Å². The fourth-order valence-corrected chi connectivity index (χ4v) is 2.33. The summed E-state index contributed by atoms with van der Waals surface area (Å²) < 4.78 is 15.4. The molecule has 1 rings (SSSR count). The summed E-state index contributed by atoms with van der Waals surface area (Å²) in [6.07, 6.45) is 7.20. The normalized spacial score (nSPS) is 26.0. The van der Waals surface area contributed by atoms with Gasteiger partial charge in [-0.1, -0.05) is 17.7 Å². The first kappa shape index (κ1) is 12.2. The lowest BCUT2D eigenvalue weighted by atomic mass is 10.1. The predicted molar refractivity (Wildman–Crippen MR) is 62.4 cm³/mol. The van der Waals surface area contributed by atoms with Crippen molar-refractivity contribution in [1.29, 1.82) is 5.26 Å². The highest BCUT2D eigenvalue weighted by Gasteiger charge is 2.19. The van der Waals surface area contributed by atoms with Gasteiger partial charge in [-0.3, -0.25) is 4.99 Å². The van der Waals surface area contributed by atoms with Crippen LogP contribution in [0.15, 0.2) is 21.0 Å². The average Bonchev–Trinajstić information content (AvgIpc) is 2.18. The minimum Gasteiger partial charge on any atom is -0.273 e. The lowest BCUT2D eigenvalue weighted by Gasteiger charge is -2.17. The molecular formula is C9H12ClN3OS. The quantitative estimate of drug-likeness (QED) is 0.424. The number of rotatable bonds is 2. The molecule has 1 aliphatic rings. The van der Waals surface area contributed by atoms with E-state index >= 15 is 0 Å². The van der Waals surface area contributed by atoms with Crippen molar-refractivity contribution in [3.8, 4) is 6.19 Å². The van der Waals surface area contributed by atoms with Gasteiger partial charge in [0.15, 0.2) is 0 Å². The maximum absolute atomic E-state index is 11.9. The summed E-state index contributed by atoms with van der Waals surface area (Å²) >= 11 is 5.77. The molecule has 0 aliphatic carbocycles. The molecule has 6 heteroatoms. The molecule has 3 unspecified atom stereocenters. The standard InChI is InChI=1S/C9H12ClN3OS/c1-7(15(2,14)13-6-11)8-3-4-9(10)12-5-8/h3,5,7,9H,4H2,1-2H3. The van der Waals surface area contributed by atoms with Crippen molar-refractivity contribution >= 4 is 27.5 Å². The zero-order valence-corrected chi connectivity index (χ0v) is 10.1. The Hall–Kier alpha value is -0.860. The second kappa shape index (κ2) is 4.77. The van der Waals surface area contributed by atoms with Crippen molar-refractivity contribution in [2.24, 2.45) is 9.36 Å². The van der Waals surface area contributed by atoms with E-state index in [-0.39, 0.29) is 10.8 Å². The van der Waals surface area contributed by atoms with Crippen LogP contribution >= 0.6 is 11.6 Å². The second-order valence-corrected chi connectivity index (χ2v) is 6.46. The average molecular weight is 246 g/mol. The first-order valence-electron chi connectivity index (χ1n) is 4.43. The van der Waals surface area contributed by atoms with Gasteiger partial charge >= 0.3 is 0 Å². The summed E-state index contributed by atoms with van der Waals surface area (Å²) in [5.74, 6) is 0. The molecule has 0 spiro atoms. The van der Waals surface area contributed by atoms with Gasteiger partial charge in [-0.2, -0.15) is 5.26 Å². The van der Waals surface area contributed by atoms with Gasteiger partial charge in [-0.15, -0.1) is 4.36 Å². The zero-order valence-electron chi connectivity index (χ0n) is 8.55. The molecule has 4 nitrogen and oxygen atoms in total. The van der Waals surface area contributed by atoms with Crippen LogP contribution in [0.2, 0.25) is 0 Å². The Morgan fingerprint density at radius 3 is 3.00 bits per heavy atom. The first-order valence-corrected chi connectivity index (χ1v) is 6.86. The summed E-state index contributed by atoms with van der Waals surface area (Å²) in [5.41, 5.74) is 0.597. The lowest BCUT2D eigenvalue weighted by molar-refractivity contribution is 0.676. The largest absolute Gasteiger partial charge is 0.273 e. The van der Waals surface area contributed by atoms with Crippen LogP contribution in [-0.4, -0.2) is 27.4 Å². The fourth-order valence-electron chi connectivity index (χ4n) is 1.20. The molecule has 1 heterocycles. The van der Waals surface area contributed by atoms with Crippen molar-refractivity contribution in [2.75, 3.05) is 6.26 Å². The van der Waals surface area contributed by atoms with Crippen LogP contribution in [0.1, 0.15) is 13.3 Å². The molecule has 0 bridgehead atoms. The Balaban J connectivity index is 2.94. The fraction of sp³-hybridized carbons (Fsp3) is 0.556. The van der Waals surface area contributed by atoms with Gasteiger partial charge < -0.3 is 0 Å². The highest BCUT2D eigenvalue weighted by molar-refractivity contribution is 7.93. The molecule has 3 atom stereocenters. The number of nitrogens with zero attached hydrogens (tertiary/aromatic N) is 3. The van der Waals surface area contributed by atoms with Gasteiger partial charge in [-0.25, -0.2) is 4.21 Å². The monoisotopic (exact) mass is 245 g/mol. The predicted octanol–water partition coefficient (Wildman–Crippen LogP) is 1.92. The number of dihydropyridines is 1. The Morgan fingerprint density at radius 2 is 2.53 bits per heavy atom. The molecular weight excluding hydrogens is 234 g/mol. The number of hydrogen-bond donors (Lipinski definition) is 0. The van der Waals surface area contributed by atoms with Crippen LogP contribution in [0.4, 0.5) is 0 Å². The summed E-state index contributed by atoms with van der Waals surface area (Å²) in [7, 11) is -2.52. The lowest BCUT2D eigenvalue weighted by Crippen LogP contribution is -2.21. The van der Waals surface area contributed by atoms with Gasteiger partial charge in [0.05, 0.1) is 15.0 Å². The van der Waals surface area contributed by atoms with Crippen LogP contribution in [0.3, 0.4) is 0 Å². The summed E-state index contributed by atoms with van der Waals surface area (Å²) in [6.45, 7) is 1.77. The van der Waals surface area contributed by atoms with Gasteiger partial charge in [0.2, 0.25) is 6.19 Å². The Labute approximate surface area is 94.8 Å². The molecule has 15 heavy (non-hydrogen) atoms. The summed E-state index contributed by atoms with van der Waals surface area (Å²) in [5, 5.41) is 8.12. The van der Waals surface area contributed by atoms with Gasteiger partial charge in [-0.05, 0) is 12.5 Å². The Morgan fingerprint density at radius 1 is 1.87 bits per heavy atom. The van der Waals surface area contributed by atoms with Crippen molar-refractivity contribution in [1.82, 2.24) is 0 Å². The third kappa shape index (κ3) is 3.05. The van der Waals surface area contributed by atoms with E-state index in [1.54, 1.807) is 19.3 Å². The number of aliphatic imine (C=N–C) groups is 1. The molecule has 82 valence electrons. The highest BCUT2D eigenvalue weighted by atomic mass is 35.5. The Kier molecular flexibility index (Phi) is 3.89. The number of nitriles is 1. The molecule has 1 aliphatic heterocycles. The van der Waals surface area contributed by atoms with Crippen LogP contribution in [0, 0.1) is 11.5 Å².